The molecule has 1 aromatic carbocycles. The van der Waals surface area contributed by atoms with Gasteiger partial charge in [0.1, 0.15) is 16.9 Å². The van der Waals surface area contributed by atoms with Gasteiger partial charge in [0, 0.05) is 25.8 Å². The van der Waals surface area contributed by atoms with E-state index in [2.05, 4.69) is 9.88 Å². The number of hydrogen-bond donors (Lipinski definition) is 1. The molecule has 2 fully saturated rings. The van der Waals surface area contributed by atoms with E-state index in [1.165, 1.54) is 12.1 Å². The van der Waals surface area contributed by atoms with Crippen molar-refractivity contribution in [1.82, 2.24) is 9.88 Å². The minimum Gasteiger partial charge on any atom is -0.478 e. The molecular weight excluding hydrogens is 452 g/mol. The lowest BCUT2D eigenvalue weighted by atomic mass is 9.98. The Bertz CT molecular complexity index is 1020. The highest BCUT2D eigenvalue weighted by atomic mass is 35.5. The lowest BCUT2D eigenvalue weighted by molar-refractivity contribution is -0.137. The number of alkyl halides is 3. The van der Waals surface area contributed by atoms with E-state index in [0.29, 0.717) is 38.7 Å². The highest BCUT2D eigenvalue weighted by Gasteiger charge is 2.33. The fourth-order valence-corrected chi connectivity index (χ4v) is 4.17. The van der Waals surface area contributed by atoms with Crippen LogP contribution in [0.4, 0.5) is 17.6 Å². The molecule has 0 bridgehead atoms. The van der Waals surface area contributed by atoms with Crippen LogP contribution in [0, 0.1) is 5.82 Å². The molecule has 32 heavy (non-hydrogen) atoms. The van der Waals surface area contributed by atoms with Gasteiger partial charge in [-0.2, -0.15) is 13.2 Å². The number of rotatable bonds is 6. The summed E-state index contributed by atoms with van der Waals surface area (Å²) in [6.45, 7) is 1.76. The smallest absolute Gasteiger partial charge is 0.417 e. The van der Waals surface area contributed by atoms with E-state index >= 15 is 0 Å². The average molecular weight is 473 g/mol. The van der Waals surface area contributed by atoms with Gasteiger partial charge in [0.2, 0.25) is 5.88 Å². The van der Waals surface area contributed by atoms with Gasteiger partial charge in [0.05, 0.1) is 11.1 Å². The van der Waals surface area contributed by atoms with Crippen molar-refractivity contribution in [1.29, 1.82) is 0 Å². The molecule has 2 aliphatic rings. The van der Waals surface area contributed by atoms with Crippen molar-refractivity contribution in [3.05, 3.63) is 57.5 Å². The standard InChI is InChI=1S/C22H21ClF4N2O3/c23-18-8-14(22(25,26)27)10-28-20(18)32-15-3-5-29(6-4-15)11-13-7-19(24)17(21(30)31)9-16(13)12-1-2-12/h7-10,12,15H,1-6,11H2,(H,30,31). The Morgan fingerprint density at radius 1 is 1.19 bits per heavy atom. The van der Waals surface area contributed by atoms with Crippen LogP contribution >= 0.6 is 11.6 Å². The van der Waals surface area contributed by atoms with E-state index in [1.54, 1.807) is 0 Å². The van der Waals surface area contributed by atoms with Crippen molar-refractivity contribution in [3.63, 3.8) is 0 Å². The molecule has 0 amide bonds. The number of carboxylic acids is 1. The van der Waals surface area contributed by atoms with Gasteiger partial charge in [0.15, 0.2) is 0 Å². The molecular formula is C22H21ClF4N2O3. The Morgan fingerprint density at radius 2 is 1.88 bits per heavy atom. The van der Waals surface area contributed by atoms with E-state index in [1.807, 2.05) is 0 Å². The zero-order chi connectivity index (χ0) is 23.0. The van der Waals surface area contributed by atoms with Crippen LogP contribution in [-0.2, 0) is 12.7 Å². The third kappa shape index (κ3) is 5.15. The summed E-state index contributed by atoms with van der Waals surface area (Å²) in [4.78, 5) is 17.1. The molecule has 2 heterocycles. The number of halogens is 5. The zero-order valence-corrected chi connectivity index (χ0v) is 17.7. The maximum Gasteiger partial charge on any atom is 0.417 e. The molecule has 1 aromatic heterocycles. The van der Waals surface area contributed by atoms with Crippen LogP contribution in [0.2, 0.25) is 5.02 Å². The first-order valence-electron chi connectivity index (χ1n) is 10.3. The summed E-state index contributed by atoms with van der Waals surface area (Å²) in [6, 6.07) is 3.58. The number of ether oxygens (including phenoxy) is 1. The zero-order valence-electron chi connectivity index (χ0n) is 17.0. The number of hydrogen-bond acceptors (Lipinski definition) is 4. The largest absolute Gasteiger partial charge is 0.478 e. The van der Waals surface area contributed by atoms with Crippen molar-refractivity contribution < 1.29 is 32.2 Å². The van der Waals surface area contributed by atoms with Gasteiger partial charge in [-0.05, 0) is 60.9 Å². The number of benzene rings is 1. The van der Waals surface area contributed by atoms with Gasteiger partial charge >= 0.3 is 12.1 Å². The van der Waals surface area contributed by atoms with E-state index in [-0.39, 0.29) is 28.5 Å². The molecule has 5 nitrogen and oxygen atoms in total. The minimum absolute atomic E-state index is 0.0273. The Morgan fingerprint density at radius 3 is 2.44 bits per heavy atom. The SMILES string of the molecule is O=C(O)c1cc(C2CC2)c(CN2CCC(Oc3ncc(C(F)(F)F)cc3Cl)CC2)cc1F. The Hall–Kier alpha value is -2.39. The number of aromatic nitrogens is 1. The van der Waals surface area contributed by atoms with Crippen LogP contribution in [0.5, 0.6) is 5.88 Å². The lowest BCUT2D eigenvalue weighted by Crippen LogP contribution is -2.38. The van der Waals surface area contributed by atoms with Crippen LogP contribution in [-0.4, -0.2) is 40.2 Å². The highest BCUT2D eigenvalue weighted by Crippen LogP contribution is 2.43. The maximum absolute atomic E-state index is 14.3. The molecule has 0 atom stereocenters. The maximum atomic E-state index is 14.3. The lowest BCUT2D eigenvalue weighted by Gasteiger charge is -2.32. The van der Waals surface area contributed by atoms with Gasteiger partial charge < -0.3 is 9.84 Å². The third-order valence-electron chi connectivity index (χ3n) is 5.82. The number of nitrogens with zero attached hydrogens (tertiary/aromatic N) is 2. The van der Waals surface area contributed by atoms with Crippen molar-refractivity contribution in [2.24, 2.45) is 0 Å². The van der Waals surface area contributed by atoms with Crippen molar-refractivity contribution in [2.45, 2.75) is 50.4 Å². The van der Waals surface area contributed by atoms with Gasteiger partial charge in [-0.3, -0.25) is 4.90 Å². The number of aromatic carboxylic acids is 1. The molecule has 10 heteroatoms. The number of carboxylic acid groups (broad SMARTS) is 1. The summed E-state index contributed by atoms with van der Waals surface area (Å²) < 4.78 is 58.2. The van der Waals surface area contributed by atoms with Crippen molar-refractivity contribution in [2.75, 3.05) is 13.1 Å². The van der Waals surface area contributed by atoms with E-state index in [4.69, 9.17) is 16.3 Å². The molecule has 4 rings (SSSR count). The van der Waals surface area contributed by atoms with Gasteiger partial charge in [0.25, 0.3) is 0 Å². The Balaban J connectivity index is 1.38. The average Bonchev–Trinajstić information content (AvgIpc) is 3.55. The first-order chi connectivity index (χ1) is 15.1. The van der Waals surface area contributed by atoms with Gasteiger partial charge in [-0.15, -0.1) is 0 Å². The number of carbonyl (C=O) groups is 1. The molecule has 172 valence electrons. The highest BCUT2D eigenvalue weighted by molar-refractivity contribution is 6.31. The molecule has 1 aliphatic carbocycles. The topological polar surface area (TPSA) is 62.7 Å². The second-order valence-corrected chi connectivity index (χ2v) is 8.62. The van der Waals surface area contributed by atoms with E-state index in [0.717, 1.165) is 30.0 Å². The first-order valence-corrected chi connectivity index (χ1v) is 10.7. The van der Waals surface area contributed by atoms with Crippen LogP contribution in [0.3, 0.4) is 0 Å². The normalized spacial score (nSPS) is 18.0. The molecule has 1 N–H and O–H groups in total. The first kappa shape index (κ1) is 22.8. The number of piperidine rings is 1. The molecule has 1 saturated heterocycles. The van der Waals surface area contributed by atoms with E-state index < -0.39 is 23.5 Å². The second-order valence-electron chi connectivity index (χ2n) is 8.21. The van der Waals surface area contributed by atoms with Gasteiger partial charge in [-0.25, -0.2) is 14.2 Å². The quantitative estimate of drug-likeness (QED) is 0.561. The minimum atomic E-state index is -4.53. The van der Waals surface area contributed by atoms with Crippen LogP contribution < -0.4 is 4.74 Å². The van der Waals surface area contributed by atoms with Crippen molar-refractivity contribution >= 4 is 17.6 Å². The van der Waals surface area contributed by atoms with Crippen LogP contribution in [0.15, 0.2) is 24.4 Å². The second kappa shape index (κ2) is 8.86. The predicted molar refractivity (Wildman–Crippen MR) is 109 cm³/mol. The molecule has 0 unspecified atom stereocenters. The van der Waals surface area contributed by atoms with Crippen LogP contribution in [0.1, 0.15) is 58.6 Å². The fraction of sp³-hybridized carbons (Fsp3) is 0.455. The predicted octanol–water partition coefficient (Wildman–Crippen LogP) is 5.51. The van der Waals surface area contributed by atoms with Gasteiger partial charge in [-0.1, -0.05) is 11.6 Å². The fourth-order valence-electron chi connectivity index (χ4n) is 3.96. The van der Waals surface area contributed by atoms with Crippen molar-refractivity contribution in [3.8, 4) is 5.88 Å². The van der Waals surface area contributed by atoms with E-state index in [9.17, 15) is 27.5 Å². The molecule has 0 spiro atoms. The summed E-state index contributed by atoms with van der Waals surface area (Å²) in [6.07, 6.45) is -0.932. The number of pyridine rings is 1. The molecule has 1 saturated carbocycles. The Labute approximate surface area is 187 Å². The summed E-state index contributed by atoms with van der Waals surface area (Å²) in [5.41, 5.74) is 0.450. The molecule has 2 aromatic rings. The number of likely N-dealkylation sites (tertiary alicyclic amines) is 1. The third-order valence-corrected chi connectivity index (χ3v) is 6.09. The van der Waals surface area contributed by atoms with Crippen LogP contribution in [0.25, 0.3) is 0 Å². The summed E-state index contributed by atoms with van der Waals surface area (Å²) in [5, 5.41) is 9.01. The summed E-state index contributed by atoms with van der Waals surface area (Å²) >= 11 is 5.92. The monoisotopic (exact) mass is 472 g/mol. The summed E-state index contributed by atoms with van der Waals surface area (Å²) in [5.74, 6) is -1.76. The Kier molecular flexibility index (Phi) is 6.31. The molecule has 0 radical (unpaired) electrons. The molecule has 1 aliphatic heterocycles. The summed E-state index contributed by atoms with van der Waals surface area (Å²) in [7, 11) is 0.